The smallest absolute Gasteiger partial charge is 0.345 e. The average Bonchev–Trinajstić information content (AvgIpc) is 3.48. The predicted molar refractivity (Wildman–Crippen MR) is 153 cm³/mol. The third kappa shape index (κ3) is 6.53. The number of hydrogen-bond donors (Lipinski definition) is 1. The number of hydrogen-bond acceptors (Lipinski definition) is 7. The molecule has 4 aliphatic carbocycles. The monoisotopic (exact) mass is 591 g/mol. The van der Waals surface area contributed by atoms with Gasteiger partial charge in [-0.2, -0.15) is 8.78 Å². The highest BCUT2D eigenvalue weighted by atomic mass is 32.2. The summed E-state index contributed by atoms with van der Waals surface area (Å²) >= 11 is 1.73. The second-order valence-electron chi connectivity index (χ2n) is 13.1. The van der Waals surface area contributed by atoms with Gasteiger partial charge in [-0.15, -0.1) is 11.8 Å². The normalized spacial score (nSPS) is 33.3. The van der Waals surface area contributed by atoms with Crippen LogP contribution in [0.2, 0.25) is 0 Å². The van der Waals surface area contributed by atoms with Gasteiger partial charge in [0.2, 0.25) is 0 Å². The SMILES string of the molecule is COC(=O)C[C@@H]1CCN(c2ccc(C(=O)N[C@H]3CCC4CC5C[C@@](OC(F)F)(C4)CC53)c(SC3CCCCC3)n2)C1. The van der Waals surface area contributed by atoms with Crippen LogP contribution in [0.3, 0.4) is 0 Å². The molecule has 1 saturated heterocycles. The minimum Gasteiger partial charge on any atom is -0.469 e. The number of amides is 1. The fourth-order valence-electron chi connectivity index (χ4n) is 8.59. The number of esters is 1. The number of carbonyl (C=O) groups is 2. The molecule has 3 unspecified atom stereocenters. The quantitative estimate of drug-likeness (QED) is 0.343. The molecule has 0 aromatic carbocycles. The third-order valence-corrected chi connectivity index (χ3v) is 11.8. The van der Waals surface area contributed by atoms with Gasteiger partial charge in [0, 0.05) is 24.4 Å². The molecular formula is C31H43F2N3O4S. The summed E-state index contributed by atoms with van der Waals surface area (Å²) in [6.07, 6.45) is 12.1. The molecule has 0 spiro atoms. The Morgan fingerprint density at radius 3 is 2.73 bits per heavy atom. The Bertz CT molecular complexity index is 1120. The summed E-state index contributed by atoms with van der Waals surface area (Å²) in [6.45, 7) is -1.19. The molecule has 2 heterocycles. The summed E-state index contributed by atoms with van der Waals surface area (Å²) in [4.78, 5) is 33.0. The molecular weight excluding hydrogens is 548 g/mol. The van der Waals surface area contributed by atoms with E-state index in [1.54, 1.807) is 11.8 Å². The van der Waals surface area contributed by atoms with Crippen LogP contribution < -0.4 is 10.2 Å². The highest BCUT2D eigenvalue weighted by Crippen LogP contribution is 2.57. The van der Waals surface area contributed by atoms with Gasteiger partial charge in [-0.25, -0.2) is 4.98 Å². The lowest BCUT2D eigenvalue weighted by Gasteiger charge is -2.37. The lowest BCUT2D eigenvalue weighted by atomic mass is 9.77. The molecule has 5 aliphatic rings. The van der Waals surface area contributed by atoms with Crippen LogP contribution in [-0.2, 0) is 14.3 Å². The number of pyridine rings is 1. The molecule has 1 aromatic heterocycles. The Balaban J connectivity index is 1.19. The van der Waals surface area contributed by atoms with Crippen molar-refractivity contribution in [1.29, 1.82) is 0 Å². The molecule has 6 atom stereocenters. The van der Waals surface area contributed by atoms with E-state index in [1.807, 2.05) is 12.1 Å². The summed E-state index contributed by atoms with van der Waals surface area (Å²) in [5, 5.41) is 4.58. The Kier molecular flexibility index (Phi) is 8.78. The minimum absolute atomic E-state index is 0.0363. The Morgan fingerprint density at radius 1 is 1.12 bits per heavy atom. The van der Waals surface area contributed by atoms with Crippen LogP contribution in [-0.4, -0.2) is 60.6 Å². The molecule has 7 nitrogen and oxygen atoms in total. The van der Waals surface area contributed by atoms with Gasteiger partial charge < -0.3 is 19.7 Å². The van der Waals surface area contributed by atoms with Crippen LogP contribution in [0.4, 0.5) is 14.6 Å². The molecule has 6 rings (SSSR count). The van der Waals surface area contributed by atoms with Crippen LogP contribution in [0, 0.1) is 23.7 Å². The summed E-state index contributed by atoms with van der Waals surface area (Å²) in [7, 11) is 1.43. The van der Waals surface area contributed by atoms with Crippen molar-refractivity contribution >= 4 is 29.5 Å². The first kappa shape index (κ1) is 29.1. The first-order chi connectivity index (χ1) is 19.8. The van der Waals surface area contributed by atoms with E-state index in [1.165, 1.54) is 26.4 Å². The standard InChI is InChI=1S/C31H43F2N3O4S/c1-39-27(37)14-20-11-12-36(18-20)26-10-8-23(29(35-26)41-22-5-3-2-4-6-22)28(38)34-25-9-7-19-13-21-16-31(15-19,17-24(21)25)40-30(32)33/h8,10,19-22,24-25,30H,2-7,9,11-18H2,1H3,(H,34,38)/t19?,20-,21?,24?,25-,31-/m0/s1. The number of carbonyl (C=O) groups excluding carboxylic acids is 2. The van der Waals surface area contributed by atoms with Gasteiger partial charge in [0.25, 0.3) is 5.91 Å². The van der Waals surface area contributed by atoms with Gasteiger partial charge in [0.05, 0.1) is 24.7 Å². The van der Waals surface area contributed by atoms with E-state index in [-0.39, 0.29) is 29.8 Å². The van der Waals surface area contributed by atoms with E-state index in [9.17, 15) is 18.4 Å². The van der Waals surface area contributed by atoms with Gasteiger partial charge in [-0.1, -0.05) is 19.3 Å². The van der Waals surface area contributed by atoms with Crippen LogP contribution in [0.1, 0.15) is 93.8 Å². The second-order valence-corrected chi connectivity index (χ2v) is 14.4. The van der Waals surface area contributed by atoms with Gasteiger partial charge in [-0.05, 0) is 93.6 Å². The van der Waals surface area contributed by atoms with Gasteiger partial charge in [0.15, 0.2) is 0 Å². The number of halogens is 2. The van der Waals surface area contributed by atoms with Crippen molar-refractivity contribution in [2.45, 2.75) is 112 Å². The Hall–Kier alpha value is -1.94. The number of rotatable bonds is 9. The van der Waals surface area contributed by atoms with E-state index in [0.29, 0.717) is 41.9 Å². The molecule has 41 heavy (non-hydrogen) atoms. The highest BCUT2D eigenvalue weighted by Gasteiger charge is 2.56. The van der Waals surface area contributed by atoms with Crippen molar-refractivity contribution in [2.75, 3.05) is 25.1 Å². The van der Waals surface area contributed by atoms with Crippen molar-refractivity contribution in [3.05, 3.63) is 17.7 Å². The fraction of sp³-hybridized carbons (Fsp3) is 0.774. The van der Waals surface area contributed by atoms with Gasteiger partial charge in [0.1, 0.15) is 10.8 Å². The molecule has 10 heteroatoms. The van der Waals surface area contributed by atoms with E-state index in [0.717, 1.165) is 68.9 Å². The van der Waals surface area contributed by atoms with Gasteiger partial charge in [-0.3, -0.25) is 9.59 Å². The van der Waals surface area contributed by atoms with E-state index in [2.05, 4.69) is 10.2 Å². The molecule has 1 aliphatic heterocycles. The van der Waals surface area contributed by atoms with Crippen molar-refractivity contribution in [3.8, 4) is 0 Å². The minimum atomic E-state index is -2.75. The molecule has 5 fully saturated rings. The summed E-state index contributed by atoms with van der Waals surface area (Å²) in [5.74, 6) is 1.68. The van der Waals surface area contributed by atoms with Crippen molar-refractivity contribution < 1.29 is 27.8 Å². The number of aromatic nitrogens is 1. The van der Waals surface area contributed by atoms with Crippen LogP contribution in [0.5, 0.6) is 0 Å². The number of nitrogens with one attached hydrogen (secondary N) is 1. The van der Waals surface area contributed by atoms with Crippen LogP contribution >= 0.6 is 11.8 Å². The van der Waals surface area contributed by atoms with E-state index in [4.69, 9.17) is 14.5 Å². The van der Waals surface area contributed by atoms with Crippen LogP contribution in [0.15, 0.2) is 17.2 Å². The lowest BCUT2D eigenvalue weighted by molar-refractivity contribution is -0.219. The lowest BCUT2D eigenvalue weighted by Crippen LogP contribution is -2.43. The number of methoxy groups -OCH3 is 1. The number of anilines is 1. The van der Waals surface area contributed by atoms with E-state index >= 15 is 0 Å². The molecule has 3 bridgehead atoms. The molecule has 226 valence electrons. The van der Waals surface area contributed by atoms with E-state index < -0.39 is 12.2 Å². The third-order valence-electron chi connectivity index (χ3n) is 10.4. The van der Waals surface area contributed by atoms with Crippen molar-refractivity contribution in [1.82, 2.24) is 10.3 Å². The highest BCUT2D eigenvalue weighted by molar-refractivity contribution is 7.99. The molecule has 1 amide bonds. The zero-order chi connectivity index (χ0) is 28.6. The van der Waals surface area contributed by atoms with Crippen molar-refractivity contribution in [2.24, 2.45) is 23.7 Å². The van der Waals surface area contributed by atoms with Crippen LogP contribution in [0.25, 0.3) is 0 Å². The topological polar surface area (TPSA) is 80.8 Å². The first-order valence-electron chi connectivity index (χ1n) is 15.6. The Labute approximate surface area is 245 Å². The predicted octanol–water partition coefficient (Wildman–Crippen LogP) is 6.20. The summed E-state index contributed by atoms with van der Waals surface area (Å²) < 4.78 is 36.8. The number of fused-ring (bicyclic) bond motifs is 2. The second kappa shape index (κ2) is 12.3. The number of alkyl halides is 2. The maximum atomic E-state index is 13.9. The number of ether oxygens (including phenoxy) is 2. The molecule has 1 aromatic rings. The average molecular weight is 592 g/mol. The maximum Gasteiger partial charge on any atom is 0.345 e. The van der Waals surface area contributed by atoms with Crippen molar-refractivity contribution in [3.63, 3.8) is 0 Å². The Morgan fingerprint density at radius 2 is 1.95 bits per heavy atom. The maximum absolute atomic E-state index is 13.9. The summed E-state index contributed by atoms with van der Waals surface area (Å²) in [5.41, 5.74) is -0.125. The zero-order valence-corrected chi connectivity index (χ0v) is 24.8. The molecule has 0 radical (unpaired) electrons. The number of thioether (sulfide) groups is 1. The molecule has 1 N–H and O–H groups in total. The largest absolute Gasteiger partial charge is 0.469 e. The summed E-state index contributed by atoms with van der Waals surface area (Å²) in [6, 6.07) is 3.82. The van der Waals surface area contributed by atoms with Gasteiger partial charge >= 0.3 is 12.6 Å². The molecule has 4 saturated carbocycles. The number of nitrogens with zero attached hydrogens (tertiary/aromatic N) is 2. The zero-order valence-electron chi connectivity index (χ0n) is 24.0. The fourth-order valence-corrected chi connectivity index (χ4v) is 9.91. The first-order valence-corrected chi connectivity index (χ1v) is 16.4.